The molecule has 0 fully saturated rings. The summed E-state index contributed by atoms with van der Waals surface area (Å²) < 4.78 is 12.8. The number of hydrogen-bond acceptors (Lipinski definition) is 6. The number of ether oxygens (including phenoxy) is 2. The molecule has 1 amide bonds. The predicted octanol–water partition coefficient (Wildman–Crippen LogP) is 0.434. The minimum Gasteiger partial charge on any atom is -0.454 e. The fourth-order valence-corrected chi connectivity index (χ4v) is 3.58. The van der Waals surface area contributed by atoms with Gasteiger partial charge in [0, 0.05) is 12.2 Å². The van der Waals surface area contributed by atoms with E-state index in [0.717, 1.165) is 10.1 Å². The predicted molar refractivity (Wildman–Crippen MR) is 97.1 cm³/mol. The van der Waals surface area contributed by atoms with Gasteiger partial charge in [-0.25, -0.2) is 9.36 Å². The average molecular weight is 382 g/mol. The molecule has 28 heavy (non-hydrogen) atoms. The molecular formula is C19H18N4O5. The van der Waals surface area contributed by atoms with Crippen LogP contribution in [-0.2, 0) is 24.3 Å². The fraction of sp³-hybridized carbons (Fsp3) is 0.368. The first-order valence-electron chi connectivity index (χ1n) is 8.95. The quantitative estimate of drug-likeness (QED) is 0.820. The van der Waals surface area contributed by atoms with Crippen molar-refractivity contribution in [3.8, 4) is 17.6 Å². The number of carbonyl (C=O) groups is 1. The lowest BCUT2D eigenvalue weighted by molar-refractivity contribution is -0.122. The van der Waals surface area contributed by atoms with Crippen LogP contribution in [0, 0.1) is 11.3 Å². The molecule has 0 bridgehead atoms. The van der Waals surface area contributed by atoms with Crippen molar-refractivity contribution in [2.75, 3.05) is 6.79 Å². The van der Waals surface area contributed by atoms with E-state index in [4.69, 9.17) is 9.47 Å². The largest absolute Gasteiger partial charge is 0.454 e. The summed E-state index contributed by atoms with van der Waals surface area (Å²) in [4.78, 5) is 37.6. The smallest absolute Gasteiger partial charge is 0.331 e. The van der Waals surface area contributed by atoms with Gasteiger partial charge >= 0.3 is 5.69 Å². The topological polar surface area (TPSA) is 115 Å². The van der Waals surface area contributed by atoms with Crippen molar-refractivity contribution in [1.82, 2.24) is 14.5 Å². The van der Waals surface area contributed by atoms with Crippen LogP contribution in [0.3, 0.4) is 0 Å². The Bertz CT molecular complexity index is 1120. The Morgan fingerprint density at radius 1 is 1.32 bits per heavy atom. The number of nitriles is 1. The molecule has 0 radical (unpaired) electrons. The molecule has 2 aliphatic rings. The molecule has 2 aliphatic heterocycles. The zero-order valence-corrected chi connectivity index (χ0v) is 15.2. The SMILES string of the molecule is CC(NC(=O)Cn1c(=O)c(C#N)c2n(c1=O)CCC2)c1ccc2c(c1)OCO2. The third-order valence-corrected chi connectivity index (χ3v) is 5.02. The lowest BCUT2D eigenvalue weighted by Gasteiger charge is -2.16. The van der Waals surface area contributed by atoms with Gasteiger partial charge in [0.2, 0.25) is 12.7 Å². The lowest BCUT2D eigenvalue weighted by atomic mass is 10.1. The van der Waals surface area contributed by atoms with Crippen LogP contribution in [0.4, 0.5) is 0 Å². The van der Waals surface area contributed by atoms with Gasteiger partial charge < -0.3 is 14.8 Å². The van der Waals surface area contributed by atoms with Crippen molar-refractivity contribution in [1.29, 1.82) is 5.26 Å². The highest BCUT2D eigenvalue weighted by atomic mass is 16.7. The van der Waals surface area contributed by atoms with E-state index in [1.54, 1.807) is 19.1 Å². The highest BCUT2D eigenvalue weighted by Gasteiger charge is 2.24. The summed E-state index contributed by atoms with van der Waals surface area (Å²) in [5.74, 6) is 0.751. The third-order valence-electron chi connectivity index (χ3n) is 5.02. The minimum absolute atomic E-state index is 0.0614. The van der Waals surface area contributed by atoms with Gasteiger partial charge in [-0.1, -0.05) is 6.07 Å². The van der Waals surface area contributed by atoms with Crippen LogP contribution >= 0.6 is 0 Å². The van der Waals surface area contributed by atoms with Gasteiger partial charge in [0.15, 0.2) is 11.5 Å². The maximum Gasteiger partial charge on any atom is 0.331 e. The zero-order valence-electron chi connectivity index (χ0n) is 15.2. The van der Waals surface area contributed by atoms with Crippen LogP contribution in [0.5, 0.6) is 11.5 Å². The first-order chi connectivity index (χ1) is 13.5. The lowest BCUT2D eigenvalue weighted by Crippen LogP contribution is -2.45. The summed E-state index contributed by atoms with van der Waals surface area (Å²) in [5.41, 5.74) is -0.0705. The molecule has 9 nitrogen and oxygen atoms in total. The van der Waals surface area contributed by atoms with E-state index in [0.29, 0.717) is 36.6 Å². The Kier molecular flexibility index (Phi) is 4.39. The summed E-state index contributed by atoms with van der Waals surface area (Å²) in [6.07, 6.45) is 1.21. The van der Waals surface area contributed by atoms with Crippen LogP contribution < -0.4 is 26.0 Å². The van der Waals surface area contributed by atoms with Gasteiger partial charge in [0.25, 0.3) is 5.56 Å². The number of amides is 1. The monoisotopic (exact) mass is 382 g/mol. The number of benzene rings is 1. The van der Waals surface area contributed by atoms with Crippen LogP contribution in [-0.4, -0.2) is 21.8 Å². The van der Waals surface area contributed by atoms with Crippen molar-refractivity contribution in [3.05, 3.63) is 55.9 Å². The van der Waals surface area contributed by atoms with E-state index in [2.05, 4.69) is 5.32 Å². The summed E-state index contributed by atoms with van der Waals surface area (Å²) >= 11 is 0. The molecule has 0 aliphatic carbocycles. The van der Waals surface area contributed by atoms with Crippen molar-refractivity contribution in [2.45, 2.75) is 38.9 Å². The van der Waals surface area contributed by atoms with Gasteiger partial charge in [-0.3, -0.25) is 14.2 Å². The standard InChI is InChI=1S/C19H18N4O5/c1-11(12-4-5-15-16(7-12)28-10-27-15)21-17(24)9-23-18(25)13(8-20)14-3-2-6-22(14)19(23)26/h4-5,7,11H,2-3,6,9-10H2,1H3,(H,21,24). The summed E-state index contributed by atoms with van der Waals surface area (Å²) in [5, 5.41) is 12.1. The Balaban J connectivity index is 1.55. The summed E-state index contributed by atoms with van der Waals surface area (Å²) in [7, 11) is 0. The maximum atomic E-state index is 12.6. The van der Waals surface area contributed by atoms with Gasteiger partial charge in [0.05, 0.1) is 6.04 Å². The van der Waals surface area contributed by atoms with Crippen molar-refractivity contribution < 1.29 is 14.3 Å². The van der Waals surface area contributed by atoms with Crippen LogP contribution in [0.15, 0.2) is 27.8 Å². The molecule has 0 spiro atoms. The molecule has 4 rings (SSSR count). The number of nitrogens with zero attached hydrogens (tertiary/aromatic N) is 3. The third kappa shape index (κ3) is 2.93. The number of carbonyl (C=O) groups excluding carboxylic acids is 1. The Labute approximate surface area is 159 Å². The zero-order chi connectivity index (χ0) is 19.8. The maximum absolute atomic E-state index is 12.6. The summed E-state index contributed by atoms with van der Waals surface area (Å²) in [6, 6.07) is 6.85. The van der Waals surface area contributed by atoms with Gasteiger partial charge in [-0.2, -0.15) is 5.26 Å². The van der Waals surface area contributed by atoms with E-state index in [9.17, 15) is 19.6 Å². The molecule has 144 valence electrons. The summed E-state index contributed by atoms with van der Waals surface area (Å²) in [6.45, 7) is 1.94. The second-order valence-corrected chi connectivity index (χ2v) is 6.76. The first kappa shape index (κ1) is 17.9. The normalized spacial score (nSPS) is 15.0. The highest BCUT2D eigenvalue weighted by molar-refractivity contribution is 5.76. The fourth-order valence-electron chi connectivity index (χ4n) is 3.58. The number of aromatic nitrogens is 2. The molecule has 9 heteroatoms. The van der Waals surface area contributed by atoms with E-state index >= 15 is 0 Å². The Hall–Kier alpha value is -3.54. The Morgan fingerprint density at radius 3 is 2.89 bits per heavy atom. The number of nitrogens with one attached hydrogen (secondary N) is 1. The second kappa shape index (κ2) is 6.88. The van der Waals surface area contributed by atoms with Crippen molar-refractivity contribution >= 4 is 5.91 Å². The Morgan fingerprint density at radius 2 is 2.11 bits per heavy atom. The van der Waals surface area contributed by atoms with Gasteiger partial charge in [-0.05, 0) is 37.5 Å². The molecule has 1 aromatic carbocycles. The van der Waals surface area contributed by atoms with Crippen LogP contribution in [0.2, 0.25) is 0 Å². The highest BCUT2D eigenvalue weighted by Crippen LogP contribution is 2.34. The average Bonchev–Trinajstić information content (AvgIpc) is 3.34. The van der Waals surface area contributed by atoms with E-state index in [1.165, 1.54) is 4.57 Å². The first-order valence-corrected chi connectivity index (χ1v) is 8.95. The minimum atomic E-state index is -0.716. The van der Waals surface area contributed by atoms with E-state index in [-0.39, 0.29) is 18.4 Å². The number of rotatable bonds is 4. The molecule has 1 atom stereocenters. The second-order valence-electron chi connectivity index (χ2n) is 6.76. The van der Waals surface area contributed by atoms with Crippen molar-refractivity contribution in [2.24, 2.45) is 0 Å². The van der Waals surface area contributed by atoms with Crippen LogP contribution in [0.1, 0.15) is 36.2 Å². The number of fused-ring (bicyclic) bond motifs is 2. The molecule has 1 N–H and O–H groups in total. The van der Waals surface area contributed by atoms with E-state index in [1.807, 2.05) is 12.1 Å². The van der Waals surface area contributed by atoms with Gasteiger partial charge in [0.1, 0.15) is 18.2 Å². The van der Waals surface area contributed by atoms with Gasteiger partial charge in [-0.15, -0.1) is 0 Å². The molecule has 0 saturated heterocycles. The van der Waals surface area contributed by atoms with Crippen molar-refractivity contribution in [3.63, 3.8) is 0 Å². The molecule has 3 heterocycles. The van der Waals surface area contributed by atoms with Crippen LogP contribution in [0.25, 0.3) is 0 Å². The molecule has 0 saturated carbocycles. The number of hydrogen-bond donors (Lipinski definition) is 1. The molecule has 1 aromatic heterocycles. The molecule has 2 aromatic rings. The van der Waals surface area contributed by atoms with E-state index < -0.39 is 23.7 Å². The molecular weight excluding hydrogens is 364 g/mol. The molecule has 1 unspecified atom stereocenters.